The average Bonchev–Trinajstić information content (AvgIpc) is 1.93. The highest BCUT2D eigenvalue weighted by atomic mass is 16.7. The molecule has 0 amide bonds. The predicted molar refractivity (Wildman–Crippen MR) is 41.4 cm³/mol. The molecule has 0 aliphatic rings. The van der Waals surface area contributed by atoms with Gasteiger partial charge in [0.05, 0.1) is 0 Å². The highest BCUT2D eigenvalue weighted by Gasteiger charge is 1.95. The fraction of sp³-hybridized carbons (Fsp3) is 0.857. The molecule has 0 saturated carbocycles. The lowest BCUT2D eigenvalue weighted by molar-refractivity contribution is -0.149. The van der Waals surface area contributed by atoms with E-state index in [1.807, 2.05) is 20.8 Å². The first-order valence-electron chi connectivity index (χ1n) is 3.67. The molecule has 0 spiro atoms. The number of rotatable bonds is 3. The number of carbonyl (C=O) groups excluding carboxylic acids is 1. The molecule has 0 rings (SSSR count). The minimum Gasteiger partial charge on any atom is -0.371 e. The summed E-state index contributed by atoms with van der Waals surface area (Å²) in [5, 5.41) is 0. The molecule has 0 heterocycles. The van der Waals surface area contributed by atoms with Crippen molar-refractivity contribution in [3.8, 4) is 0 Å². The van der Waals surface area contributed by atoms with Crippen molar-refractivity contribution in [2.75, 3.05) is 7.05 Å². The van der Waals surface area contributed by atoms with Crippen molar-refractivity contribution in [3.05, 3.63) is 0 Å². The third-order valence-corrected chi connectivity index (χ3v) is 0.670. The van der Waals surface area contributed by atoms with Gasteiger partial charge in [-0.2, -0.15) is 5.48 Å². The van der Waals surface area contributed by atoms with Crippen molar-refractivity contribution in [1.82, 2.24) is 5.48 Å². The molecule has 3 nitrogen and oxygen atoms in total. The molecule has 0 aromatic heterocycles. The minimum absolute atomic E-state index is 0.199. The van der Waals surface area contributed by atoms with Crippen LogP contribution in [0, 0.1) is 0 Å². The van der Waals surface area contributed by atoms with Gasteiger partial charge in [-0.1, -0.05) is 20.8 Å². The van der Waals surface area contributed by atoms with Crippen LogP contribution >= 0.6 is 0 Å². The minimum atomic E-state index is -0.199. The van der Waals surface area contributed by atoms with Crippen LogP contribution in [-0.4, -0.2) is 13.0 Å². The molecule has 0 unspecified atom stereocenters. The maximum Gasteiger partial charge on any atom is 0.324 e. The predicted octanol–water partition coefficient (Wildman–Crippen LogP) is 1.49. The Labute approximate surface area is 62.7 Å². The Morgan fingerprint density at radius 2 is 2.00 bits per heavy atom. The van der Waals surface area contributed by atoms with Gasteiger partial charge in [-0.05, 0) is 6.42 Å². The van der Waals surface area contributed by atoms with Gasteiger partial charge in [0.1, 0.15) is 0 Å². The number of hydrogen-bond acceptors (Lipinski definition) is 3. The second kappa shape index (κ2) is 11.3. The van der Waals surface area contributed by atoms with Crippen LogP contribution in [-0.2, 0) is 9.63 Å². The number of hydrogen-bond donors (Lipinski definition) is 1. The summed E-state index contributed by atoms with van der Waals surface area (Å²) in [4.78, 5) is 14.8. The van der Waals surface area contributed by atoms with Gasteiger partial charge in [0.25, 0.3) is 0 Å². The molecule has 0 bridgehead atoms. The third-order valence-electron chi connectivity index (χ3n) is 0.670. The van der Waals surface area contributed by atoms with E-state index in [-0.39, 0.29) is 5.97 Å². The van der Waals surface area contributed by atoms with E-state index in [0.717, 1.165) is 6.42 Å². The monoisotopic (exact) mass is 147 g/mol. The first kappa shape index (κ1) is 12.1. The number of nitrogens with one attached hydrogen (secondary N) is 1. The summed E-state index contributed by atoms with van der Waals surface area (Å²) < 4.78 is 0. The molecule has 0 aliphatic carbocycles. The molecule has 0 aromatic carbocycles. The van der Waals surface area contributed by atoms with E-state index in [1.54, 1.807) is 7.05 Å². The summed E-state index contributed by atoms with van der Waals surface area (Å²) in [6.07, 6.45) is 1.32. The Kier molecular flexibility index (Phi) is 13.7. The molecule has 0 saturated heterocycles. The van der Waals surface area contributed by atoms with Crippen LogP contribution in [0.2, 0.25) is 0 Å². The smallest absolute Gasteiger partial charge is 0.324 e. The highest BCUT2D eigenvalue weighted by molar-refractivity contribution is 5.68. The first-order valence-corrected chi connectivity index (χ1v) is 3.67. The Morgan fingerprint density at radius 1 is 1.50 bits per heavy atom. The van der Waals surface area contributed by atoms with E-state index in [0.29, 0.717) is 6.42 Å². The van der Waals surface area contributed by atoms with Crippen molar-refractivity contribution in [2.24, 2.45) is 0 Å². The van der Waals surface area contributed by atoms with E-state index in [4.69, 9.17) is 0 Å². The molecule has 0 aliphatic heterocycles. The van der Waals surface area contributed by atoms with Gasteiger partial charge in [0, 0.05) is 13.5 Å². The fourth-order valence-corrected chi connectivity index (χ4v) is 0.369. The lowest BCUT2D eigenvalue weighted by atomic mass is 10.3. The zero-order chi connectivity index (χ0) is 8.41. The van der Waals surface area contributed by atoms with E-state index >= 15 is 0 Å². The molecule has 1 N–H and O–H groups in total. The van der Waals surface area contributed by atoms with Gasteiger partial charge in [0.2, 0.25) is 0 Å². The van der Waals surface area contributed by atoms with Gasteiger partial charge in [0.15, 0.2) is 0 Å². The summed E-state index contributed by atoms with van der Waals surface area (Å²) in [6, 6.07) is 0. The average molecular weight is 147 g/mol. The SMILES string of the molecule is CC.CCCC(=O)ONC. The highest BCUT2D eigenvalue weighted by Crippen LogP contribution is 1.86. The normalized spacial score (nSPS) is 7.60. The zero-order valence-corrected chi connectivity index (χ0v) is 7.23. The first-order chi connectivity index (χ1) is 4.81. The summed E-state index contributed by atoms with van der Waals surface area (Å²) in [5.41, 5.74) is 2.30. The number of hydroxylamine groups is 1. The van der Waals surface area contributed by atoms with Crippen LogP contribution in [0.3, 0.4) is 0 Å². The largest absolute Gasteiger partial charge is 0.371 e. The Hall–Kier alpha value is -0.570. The molecule has 62 valence electrons. The van der Waals surface area contributed by atoms with Crippen molar-refractivity contribution < 1.29 is 9.63 Å². The number of carbonyl (C=O) groups is 1. The molecule has 3 heteroatoms. The lowest BCUT2D eigenvalue weighted by Gasteiger charge is -1.96. The van der Waals surface area contributed by atoms with Crippen LogP contribution < -0.4 is 5.48 Å². The Bertz CT molecular complexity index is 66.0. The molecule has 0 aromatic rings. The molecule has 0 atom stereocenters. The summed E-state index contributed by atoms with van der Waals surface area (Å²) in [6.45, 7) is 5.93. The topological polar surface area (TPSA) is 38.3 Å². The fourth-order valence-electron chi connectivity index (χ4n) is 0.369. The van der Waals surface area contributed by atoms with Crippen molar-refractivity contribution in [3.63, 3.8) is 0 Å². The maximum atomic E-state index is 10.4. The van der Waals surface area contributed by atoms with Crippen molar-refractivity contribution >= 4 is 5.97 Å². The molecule has 0 fully saturated rings. The van der Waals surface area contributed by atoms with E-state index < -0.39 is 0 Å². The van der Waals surface area contributed by atoms with Gasteiger partial charge < -0.3 is 4.84 Å². The maximum absolute atomic E-state index is 10.4. The second-order valence-electron chi connectivity index (χ2n) is 1.43. The van der Waals surface area contributed by atoms with Gasteiger partial charge in [-0.15, -0.1) is 0 Å². The van der Waals surface area contributed by atoms with Crippen LogP contribution in [0.5, 0.6) is 0 Å². The molecule has 0 radical (unpaired) electrons. The zero-order valence-electron chi connectivity index (χ0n) is 7.23. The quantitative estimate of drug-likeness (QED) is 0.615. The molecular weight excluding hydrogens is 130 g/mol. The second-order valence-corrected chi connectivity index (χ2v) is 1.43. The van der Waals surface area contributed by atoms with E-state index in [2.05, 4.69) is 10.3 Å². The van der Waals surface area contributed by atoms with Crippen molar-refractivity contribution in [1.29, 1.82) is 0 Å². The molecule has 10 heavy (non-hydrogen) atoms. The van der Waals surface area contributed by atoms with Gasteiger partial charge in [-0.3, -0.25) is 4.79 Å². The summed E-state index contributed by atoms with van der Waals surface area (Å²) in [5.74, 6) is -0.199. The standard InChI is InChI=1S/C5H11NO2.C2H6/c1-3-4-5(7)8-6-2;1-2/h6H,3-4H2,1-2H3;1-2H3. The van der Waals surface area contributed by atoms with Crippen LogP contribution in [0.1, 0.15) is 33.6 Å². The summed E-state index contributed by atoms with van der Waals surface area (Å²) >= 11 is 0. The van der Waals surface area contributed by atoms with Gasteiger partial charge >= 0.3 is 5.97 Å². The molecular formula is C7H17NO2. The van der Waals surface area contributed by atoms with Crippen LogP contribution in [0.15, 0.2) is 0 Å². The van der Waals surface area contributed by atoms with E-state index in [9.17, 15) is 4.79 Å². The Morgan fingerprint density at radius 3 is 2.30 bits per heavy atom. The third kappa shape index (κ3) is 10.4. The Balaban J connectivity index is 0. The summed E-state index contributed by atoms with van der Waals surface area (Å²) in [7, 11) is 1.56. The van der Waals surface area contributed by atoms with Crippen molar-refractivity contribution in [2.45, 2.75) is 33.6 Å². The van der Waals surface area contributed by atoms with Crippen LogP contribution in [0.4, 0.5) is 0 Å². The van der Waals surface area contributed by atoms with Crippen LogP contribution in [0.25, 0.3) is 0 Å². The van der Waals surface area contributed by atoms with E-state index in [1.165, 1.54) is 0 Å². The lowest BCUT2D eigenvalue weighted by Crippen LogP contribution is -2.14. The van der Waals surface area contributed by atoms with Gasteiger partial charge in [-0.25, -0.2) is 0 Å².